The minimum atomic E-state index is -0.718. The van der Waals surface area contributed by atoms with Crippen LogP contribution in [0.15, 0.2) is 0 Å². The second kappa shape index (κ2) is 6.04. The average Bonchev–Trinajstić information content (AvgIpc) is 2.61. The lowest BCUT2D eigenvalue weighted by Crippen LogP contribution is -2.46. The molecule has 2 amide bonds. The molecule has 1 aliphatic heterocycles. The minimum Gasteiger partial charge on any atom is -0.458 e. The molecule has 0 radical (unpaired) electrons. The number of carbonyl (C=O) groups excluding carboxylic acids is 3. The topological polar surface area (TPSA) is 75.7 Å². The van der Waals surface area contributed by atoms with Crippen LogP contribution in [-0.2, 0) is 19.1 Å². The quantitative estimate of drug-likeness (QED) is 0.753. The maximum absolute atomic E-state index is 11.7. The van der Waals surface area contributed by atoms with Crippen molar-refractivity contribution < 1.29 is 19.1 Å². The molecule has 0 aromatic carbocycles. The zero-order valence-electron chi connectivity index (χ0n) is 12.0. The third-order valence-electron chi connectivity index (χ3n) is 2.64. The van der Waals surface area contributed by atoms with E-state index >= 15 is 0 Å². The number of likely N-dealkylation sites (tertiary alicyclic amines) is 1. The highest BCUT2D eigenvalue weighted by atomic mass is 16.6. The Morgan fingerprint density at radius 2 is 2.05 bits per heavy atom. The van der Waals surface area contributed by atoms with Crippen molar-refractivity contribution >= 4 is 17.8 Å². The van der Waals surface area contributed by atoms with Crippen molar-refractivity contribution in [1.82, 2.24) is 10.2 Å². The van der Waals surface area contributed by atoms with Crippen LogP contribution in [0.5, 0.6) is 0 Å². The van der Waals surface area contributed by atoms with Crippen LogP contribution in [0.3, 0.4) is 0 Å². The average molecular weight is 270 g/mol. The molecule has 1 N–H and O–H groups in total. The monoisotopic (exact) mass is 270 g/mol. The van der Waals surface area contributed by atoms with Crippen molar-refractivity contribution in [1.29, 1.82) is 0 Å². The fraction of sp³-hybridized carbons (Fsp3) is 0.769. The van der Waals surface area contributed by atoms with E-state index in [0.717, 1.165) is 6.42 Å². The van der Waals surface area contributed by atoms with E-state index in [1.54, 1.807) is 27.7 Å². The number of esters is 1. The molecule has 1 aliphatic rings. The van der Waals surface area contributed by atoms with Gasteiger partial charge in [-0.15, -0.1) is 0 Å². The standard InChI is InChI=1S/C13H22N2O4/c1-9(12(18)19-13(2,3)4)14-10(16)8-15-7-5-6-11(15)17/h9H,5-8H2,1-4H3,(H,14,16)/t9-/m0/s1. The molecule has 0 unspecified atom stereocenters. The molecular weight excluding hydrogens is 248 g/mol. The van der Waals surface area contributed by atoms with Crippen molar-refractivity contribution in [2.24, 2.45) is 0 Å². The third-order valence-corrected chi connectivity index (χ3v) is 2.64. The van der Waals surface area contributed by atoms with Gasteiger partial charge in [0.15, 0.2) is 0 Å². The highest BCUT2D eigenvalue weighted by Crippen LogP contribution is 2.10. The summed E-state index contributed by atoms with van der Waals surface area (Å²) in [4.78, 5) is 36.3. The molecule has 6 heteroatoms. The fourth-order valence-electron chi connectivity index (χ4n) is 1.78. The highest BCUT2D eigenvalue weighted by Gasteiger charge is 2.26. The maximum atomic E-state index is 11.7. The van der Waals surface area contributed by atoms with Gasteiger partial charge in [0, 0.05) is 13.0 Å². The summed E-state index contributed by atoms with van der Waals surface area (Å²) in [5, 5.41) is 2.54. The lowest BCUT2D eigenvalue weighted by molar-refractivity contribution is -0.158. The molecule has 0 aromatic heterocycles. The molecule has 0 bridgehead atoms. The maximum Gasteiger partial charge on any atom is 0.328 e. The van der Waals surface area contributed by atoms with Gasteiger partial charge in [-0.1, -0.05) is 0 Å². The summed E-state index contributed by atoms with van der Waals surface area (Å²) in [6, 6.07) is -0.718. The summed E-state index contributed by atoms with van der Waals surface area (Å²) in [6.07, 6.45) is 1.28. The smallest absolute Gasteiger partial charge is 0.328 e. The number of ether oxygens (including phenoxy) is 1. The number of hydrogen-bond donors (Lipinski definition) is 1. The van der Waals surface area contributed by atoms with Crippen molar-refractivity contribution in [3.8, 4) is 0 Å². The van der Waals surface area contributed by atoms with E-state index in [1.165, 1.54) is 4.90 Å². The van der Waals surface area contributed by atoms with Crippen LogP contribution in [-0.4, -0.2) is 47.4 Å². The molecule has 1 atom stereocenters. The summed E-state index contributed by atoms with van der Waals surface area (Å²) in [5.41, 5.74) is -0.582. The van der Waals surface area contributed by atoms with Crippen LogP contribution in [0, 0.1) is 0 Å². The molecule has 19 heavy (non-hydrogen) atoms. The summed E-state index contributed by atoms with van der Waals surface area (Å²) >= 11 is 0. The van der Waals surface area contributed by atoms with E-state index in [9.17, 15) is 14.4 Å². The first-order valence-electron chi connectivity index (χ1n) is 6.49. The van der Waals surface area contributed by atoms with Gasteiger partial charge < -0.3 is 15.0 Å². The summed E-state index contributed by atoms with van der Waals surface area (Å²) in [6.45, 7) is 7.48. The molecular formula is C13H22N2O4. The van der Waals surface area contributed by atoms with Crippen LogP contribution < -0.4 is 5.32 Å². The molecule has 0 aromatic rings. The van der Waals surface area contributed by atoms with Crippen molar-refractivity contribution in [2.75, 3.05) is 13.1 Å². The normalized spacial score (nSPS) is 17.3. The predicted molar refractivity (Wildman–Crippen MR) is 69.3 cm³/mol. The van der Waals surface area contributed by atoms with E-state index in [1.807, 2.05) is 0 Å². The zero-order chi connectivity index (χ0) is 14.6. The van der Waals surface area contributed by atoms with E-state index < -0.39 is 17.6 Å². The van der Waals surface area contributed by atoms with E-state index in [4.69, 9.17) is 4.74 Å². The highest BCUT2D eigenvalue weighted by molar-refractivity contribution is 5.88. The number of nitrogens with zero attached hydrogens (tertiary/aromatic N) is 1. The van der Waals surface area contributed by atoms with Crippen LogP contribution >= 0.6 is 0 Å². The Balaban J connectivity index is 2.39. The lowest BCUT2D eigenvalue weighted by Gasteiger charge is -2.23. The Bertz CT molecular complexity index is 373. The second-order valence-electron chi connectivity index (χ2n) is 5.74. The van der Waals surface area contributed by atoms with Crippen LogP contribution in [0.2, 0.25) is 0 Å². The molecule has 6 nitrogen and oxygen atoms in total. The van der Waals surface area contributed by atoms with Crippen LogP contribution in [0.25, 0.3) is 0 Å². The molecule has 1 saturated heterocycles. The number of rotatable bonds is 4. The fourth-order valence-corrected chi connectivity index (χ4v) is 1.78. The second-order valence-corrected chi connectivity index (χ2v) is 5.74. The van der Waals surface area contributed by atoms with Crippen LogP contribution in [0.1, 0.15) is 40.5 Å². The summed E-state index contributed by atoms with van der Waals surface area (Å²) < 4.78 is 5.16. The molecule has 1 heterocycles. The number of hydrogen-bond acceptors (Lipinski definition) is 4. The van der Waals surface area contributed by atoms with Gasteiger partial charge in [-0.05, 0) is 34.1 Å². The third kappa shape index (κ3) is 5.28. The van der Waals surface area contributed by atoms with Gasteiger partial charge in [0.1, 0.15) is 11.6 Å². The van der Waals surface area contributed by atoms with Gasteiger partial charge in [-0.25, -0.2) is 4.79 Å². The molecule has 1 rings (SSSR count). The van der Waals surface area contributed by atoms with Gasteiger partial charge >= 0.3 is 5.97 Å². The van der Waals surface area contributed by atoms with Gasteiger partial charge in [0.25, 0.3) is 0 Å². The van der Waals surface area contributed by atoms with E-state index in [-0.39, 0.29) is 18.4 Å². The van der Waals surface area contributed by atoms with Crippen molar-refractivity contribution in [3.63, 3.8) is 0 Å². The van der Waals surface area contributed by atoms with Crippen LogP contribution in [0.4, 0.5) is 0 Å². The Morgan fingerprint density at radius 3 is 2.53 bits per heavy atom. The van der Waals surface area contributed by atoms with Gasteiger partial charge in [0.05, 0.1) is 6.54 Å². The first-order chi connectivity index (χ1) is 8.69. The molecule has 0 saturated carbocycles. The Kier molecular flexibility index (Phi) is 4.91. The Morgan fingerprint density at radius 1 is 1.42 bits per heavy atom. The van der Waals surface area contributed by atoms with Crippen molar-refractivity contribution in [2.45, 2.75) is 52.2 Å². The molecule has 108 valence electrons. The molecule has 0 aliphatic carbocycles. The number of nitrogens with one attached hydrogen (secondary N) is 1. The van der Waals surface area contributed by atoms with E-state index in [0.29, 0.717) is 13.0 Å². The van der Waals surface area contributed by atoms with Crippen molar-refractivity contribution in [3.05, 3.63) is 0 Å². The first-order valence-corrected chi connectivity index (χ1v) is 6.49. The molecule has 0 spiro atoms. The zero-order valence-corrected chi connectivity index (χ0v) is 12.0. The summed E-state index contributed by atoms with van der Waals surface area (Å²) in [7, 11) is 0. The molecule has 1 fully saturated rings. The van der Waals surface area contributed by atoms with Gasteiger partial charge in [-0.2, -0.15) is 0 Å². The van der Waals surface area contributed by atoms with E-state index in [2.05, 4.69) is 5.32 Å². The predicted octanol–water partition coefficient (Wildman–Crippen LogP) is 0.455. The largest absolute Gasteiger partial charge is 0.458 e. The Labute approximate surface area is 113 Å². The first kappa shape index (κ1) is 15.5. The SMILES string of the molecule is C[C@H](NC(=O)CN1CCCC1=O)C(=O)OC(C)(C)C. The minimum absolute atomic E-state index is 0.00592. The van der Waals surface area contributed by atoms with Gasteiger partial charge in [0.2, 0.25) is 11.8 Å². The Hall–Kier alpha value is -1.59. The number of carbonyl (C=O) groups is 3. The summed E-state index contributed by atoms with van der Waals surface area (Å²) in [5.74, 6) is -0.831. The lowest BCUT2D eigenvalue weighted by atomic mass is 10.2. The van der Waals surface area contributed by atoms with Gasteiger partial charge in [-0.3, -0.25) is 9.59 Å². The number of amides is 2.